The quantitative estimate of drug-likeness (QED) is 0.223. The number of carbonyl (C=O) groups is 1. The van der Waals surface area contributed by atoms with Crippen molar-refractivity contribution in [3.8, 4) is 17.0 Å². The van der Waals surface area contributed by atoms with E-state index in [1.165, 1.54) is 0 Å². The number of amides is 1. The zero-order valence-corrected chi connectivity index (χ0v) is 19.9. The molecule has 1 saturated heterocycles. The molecule has 0 radical (unpaired) electrons. The van der Waals surface area contributed by atoms with Gasteiger partial charge in [0.05, 0.1) is 24.8 Å². The van der Waals surface area contributed by atoms with E-state index >= 15 is 0 Å². The normalized spacial score (nSPS) is 14.3. The monoisotopic (exact) mass is 485 g/mol. The number of ether oxygens (including phenoxy) is 1. The van der Waals surface area contributed by atoms with Crippen LogP contribution in [0.2, 0.25) is 5.28 Å². The highest BCUT2D eigenvalue weighted by Gasteiger charge is 2.24. The number of carbonyl (C=O) groups excluding carboxylic acids is 1. The molecule has 1 fully saturated rings. The highest BCUT2D eigenvalue weighted by molar-refractivity contribution is 6.28. The molecule has 0 aliphatic carbocycles. The summed E-state index contributed by atoms with van der Waals surface area (Å²) in [6, 6.07) is 3.53. The number of hydrazine groups is 1. The largest absolute Gasteiger partial charge is 0.489 e. The molecule has 3 aromatic heterocycles. The van der Waals surface area contributed by atoms with Gasteiger partial charge in [0.25, 0.3) is 5.91 Å². The minimum atomic E-state index is -0.393. The first-order valence-electron chi connectivity index (χ1n) is 11.1. The third kappa shape index (κ3) is 5.20. The summed E-state index contributed by atoms with van der Waals surface area (Å²) in [5.74, 6) is 7.20. The molecule has 4 rings (SSSR count). The maximum atomic E-state index is 12.4. The molecule has 0 spiro atoms. The lowest BCUT2D eigenvalue weighted by atomic mass is 9.98. The number of pyridine rings is 1. The second kappa shape index (κ2) is 10.2. The number of aryl methyl sites for hydroxylation is 1. The molecule has 180 valence electrons. The molecule has 11 nitrogen and oxygen atoms in total. The van der Waals surface area contributed by atoms with Crippen LogP contribution in [0.4, 0.5) is 11.6 Å². The minimum Gasteiger partial charge on any atom is -0.489 e. The number of imidazole rings is 1. The number of rotatable bonds is 7. The van der Waals surface area contributed by atoms with Gasteiger partial charge in [0, 0.05) is 44.5 Å². The molecule has 0 saturated carbocycles. The summed E-state index contributed by atoms with van der Waals surface area (Å²) in [4.78, 5) is 31.2. The Morgan fingerprint density at radius 1 is 1.26 bits per heavy atom. The highest BCUT2D eigenvalue weighted by Crippen LogP contribution is 2.29. The van der Waals surface area contributed by atoms with Gasteiger partial charge < -0.3 is 19.9 Å². The van der Waals surface area contributed by atoms with Gasteiger partial charge in [-0.2, -0.15) is 0 Å². The predicted molar refractivity (Wildman–Crippen MR) is 129 cm³/mol. The number of hydrogen-bond donors (Lipinski definition) is 2. The van der Waals surface area contributed by atoms with Gasteiger partial charge in [-0.3, -0.25) is 9.80 Å². The lowest BCUT2D eigenvalue weighted by Crippen LogP contribution is -2.38. The maximum absolute atomic E-state index is 12.4. The molecular weight excluding hydrogens is 458 g/mol. The van der Waals surface area contributed by atoms with E-state index < -0.39 is 5.91 Å². The van der Waals surface area contributed by atoms with Crippen LogP contribution in [0.5, 0.6) is 5.75 Å². The molecule has 34 heavy (non-hydrogen) atoms. The summed E-state index contributed by atoms with van der Waals surface area (Å²) >= 11 is 6.08. The Hall–Kier alpha value is -3.44. The van der Waals surface area contributed by atoms with Crippen molar-refractivity contribution in [2.24, 2.45) is 18.8 Å². The molecule has 0 bridgehead atoms. The van der Waals surface area contributed by atoms with Crippen LogP contribution in [0, 0.1) is 5.92 Å². The zero-order valence-electron chi connectivity index (χ0n) is 19.2. The lowest BCUT2D eigenvalue weighted by molar-refractivity contribution is 0.0758. The fourth-order valence-corrected chi connectivity index (χ4v) is 4.03. The van der Waals surface area contributed by atoms with Crippen LogP contribution in [0.25, 0.3) is 11.3 Å². The van der Waals surface area contributed by atoms with E-state index in [0.29, 0.717) is 36.5 Å². The molecule has 1 aliphatic rings. The first kappa shape index (κ1) is 23.7. The van der Waals surface area contributed by atoms with Gasteiger partial charge in [0.2, 0.25) is 5.28 Å². The van der Waals surface area contributed by atoms with E-state index in [2.05, 4.69) is 24.8 Å². The highest BCUT2D eigenvalue weighted by atomic mass is 35.5. The molecule has 3 aromatic rings. The second-order valence-electron chi connectivity index (χ2n) is 8.21. The van der Waals surface area contributed by atoms with E-state index in [-0.39, 0.29) is 11.0 Å². The Balaban J connectivity index is 1.37. The van der Waals surface area contributed by atoms with E-state index in [1.807, 2.05) is 17.7 Å². The van der Waals surface area contributed by atoms with E-state index in [4.69, 9.17) is 27.9 Å². The van der Waals surface area contributed by atoms with E-state index in [1.54, 1.807) is 31.7 Å². The van der Waals surface area contributed by atoms with Crippen LogP contribution in [-0.2, 0) is 7.05 Å². The minimum absolute atomic E-state index is 0.0205. The Bertz CT molecular complexity index is 1160. The lowest BCUT2D eigenvalue weighted by Gasteiger charge is -2.32. The second-order valence-corrected chi connectivity index (χ2v) is 8.55. The van der Waals surface area contributed by atoms with Crippen LogP contribution in [-0.4, -0.2) is 61.7 Å². The third-order valence-corrected chi connectivity index (χ3v) is 6.08. The van der Waals surface area contributed by atoms with Gasteiger partial charge >= 0.3 is 0 Å². The average Bonchev–Trinajstić information content (AvgIpc) is 3.28. The Morgan fingerprint density at radius 2 is 2.03 bits per heavy atom. The summed E-state index contributed by atoms with van der Waals surface area (Å²) in [7, 11) is 1.92. The van der Waals surface area contributed by atoms with Crippen LogP contribution in [0.3, 0.4) is 0 Å². The van der Waals surface area contributed by atoms with Gasteiger partial charge in [-0.05, 0) is 43.4 Å². The maximum Gasteiger partial charge on any atom is 0.286 e. The summed E-state index contributed by atoms with van der Waals surface area (Å²) in [5, 5.41) is 1.11. The van der Waals surface area contributed by atoms with E-state index in [9.17, 15) is 4.79 Å². The van der Waals surface area contributed by atoms with Crippen molar-refractivity contribution < 1.29 is 9.53 Å². The Labute approximate surface area is 202 Å². The fourth-order valence-electron chi connectivity index (χ4n) is 3.85. The summed E-state index contributed by atoms with van der Waals surface area (Å²) < 4.78 is 7.97. The average molecular weight is 486 g/mol. The molecule has 4 N–H and O–H groups in total. The number of halogens is 1. The topological polar surface area (TPSA) is 141 Å². The number of anilines is 2. The van der Waals surface area contributed by atoms with Gasteiger partial charge in [-0.15, -0.1) is 0 Å². The number of hydrogen-bond acceptors (Lipinski definition) is 9. The van der Waals surface area contributed by atoms with E-state index in [0.717, 1.165) is 42.2 Å². The van der Waals surface area contributed by atoms with Crippen molar-refractivity contribution in [2.45, 2.75) is 19.8 Å². The summed E-state index contributed by atoms with van der Waals surface area (Å²) in [6.45, 7) is 4.18. The number of aromatic nitrogens is 5. The van der Waals surface area contributed by atoms with Crippen molar-refractivity contribution in [3.05, 3.63) is 41.8 Å². The predicted octanol–water partition coefficient (Wildman–Crippen LogP) is 2.14. The van der Waals surface area contributed by atoms with Crippen molar-refractivity contribution in [2.75, 3.05) is 36.9 Å². The summed E-state index contributed by atoms with van der Waals surface area (Å²) in [5.41, 5.74) is 8.05. The first-order chi connectivity index (χ1) is 16.4. The standard InChI is InChI=1S/C22H28ClN9O2/c1-3-32(25)21(33)16-9-19(29-22(23)28-16)31-6-4-14(5-7-31)12-34-18-8-15(10-27-20(18)24)17-11-26-13-30(17)2/h8-11,13-14H,3-7,12,25H2,1-2H3,(H2,24,27). The molecular formula is C22H28ClN9O2. The molecule has 0 atom stereocenters. The van der Waals surface area contributed by atoms with Crippen LogP contribution >= 0.6 is 11.6 Å². The Morgan fingerprint density at radius 3 is 2.71 bits per heavy atom. The SMILES string of the molecule is CCN(N)C(=O)c1cc(N2CCC(COc3cc(-c4cncn4C)cnc3N)CC2)nc(Cl)n1. The third-order valence-electron chi connectivity index (χ3n) is 5.91. The number of nitrogen functional groups attached to an aromatic ring is 1. The molecule has 1 aliphatic heterocycles. The van der Waals surface area contributed by atoms with Gasteiger partial charge in [-0.25, -0.2) is 25.8 Å². The van der Waals surface area contributed by atoms with Crippen molar-refractivity contribution >= 4 is 29.1 Å². The van der Waals surface area contributed by atoms with Crippen molar-refractivity contribution in [3.63, 3.8) is 0 Å². The zero-order chi connectivity index (χ0) is 24.2. The molecule has 0 aromatic carbocycles. The first-order valence-corrected chi connectivity index (χ1v) is 11.4. The molecule has 4 heterocycles. The Kier molecular flexibility index (Phi) is 7.13. The van der Waals surface area contributed by atoms with Crippen molar-refractivity contribution in [1.82, 2.24) is 29.5 Å². The number of nitrogens with zero attached hydrogens (tertiary/aromatic N) is 7. The van der Waals surface area contributed by atoms with Gasteiger partial charge in [0.15, 0.2) is 11.6 Å². The number of nitrogens with two attached hydrogens (primary N) is 2. The van der Waals surface area contributed by atoms with Crippen LogP contribution < -0.4 is 21.2 Å². The van der Waals surface area contributed by atoms with Crippen LogP contribution in [0.1, 0.15) is 30.3 Å². The molecule has 0 unspecified atom stereocenters. The molecule has 12 heteroatoms. The molecule has 1 amide bonds. The summed E-state index contributed by atoms with van der Waals surface area (Å²) in [6.07, 6.45) is 7.00. The van der Waals surface area contributed by atoms with Crippen molar-refractivity contribution in [1.29, 1.82) is 0 Å². The fraction of sp³-hybridized carbons (Fsp3) is 0.409. The van der Waals surface area contributed by atoms with Gasteiger partial charge in [-0.1, -0.05) is 0 Å². The smallest absolute Gasteiger partial charge is 0.286 e. The van der Waals surface area contributed by atoms with Crippen LogP contribution in [0.15, 0.2) is 30.9 Å². The van der Waals surface area contributed by atoms with Gasteiger partial charge in [0.1, 0.15) is 11.5 Å². The number of piperidine rings is 1.